The van der Waals surface area contributed by atoms with E-state index in [1.807, 2.05) is 26.0 Å². The molecule has 6 heteroatoms. The molecule has 0 atom stereocenters. The third-order valence-corrected chi connectivity index (χ3v) is 4.09. The van der Waals surface area contributed by atoms with Crippen LogP contribution in [-0.4, -0.2) is 15.7 Å². The third-order valence-electron chi connectivity index (χ3n) is 3.81. The Kier molecular flexibility index (Phi) is 4.86. The molecular weight excluding hydrogens is 341 g/mol. The Morgan fingerprint density at radius 2 is 2.04 bits per heavy atom. The fourth-order valence-electron chi connectivity index (χ4n) is 2.63. The van der Waals surface area contributed by atoms with Crippen molar-refractivity contribution in [3.05, 3.63) is 81.8 Å². The lowest BCUT2D eigenvalue weighted by Crippen LogP contribution is -2.14. The van der Waals surface area contributed by atoms with Crippen molar-refractivity contribution in [2.75, 3.05) is 5.32 Å². The largest absolute Gasteiger partial charge is 0.304 e. The maximum atomic E-state index is 13.3. The Morgan fingerprint density at radius 3 is 2.76 bits per heavy atom. The second-order valence-corrected chi connectivity index (χ2v) is 6.33. The van der Waals surface area contributed by atoms with Crippen molar-refractivity contribution < 1.29 is 9.18 Å². The van der Waals surface area contributed by atoms with Crippen LogP contribution in [0.3, 0.4) is 0 Å². The van der Waals surface area contributed by atoms with E-state index < -0.39 is 0 Å². The monoisotopic (exact) mass is 357 g/mol. The summed E-state index contributed by atoms with van der Waals surface area (Å²) in [6.45, 7) is 4.21. The third kappa shape index (κ3) is 4.06. The molecule has 0 aliphatic heterocycles. The van der Waals surface area contributed by atoms with Crippen LogP contribution in [0.2, 0.25) is 5.02 Å². The van der Waals surface area contributed by atoms with Gasteiger partial charge in [0.2, 0.25) is 0 Å². The van der Waals surface area contributed by atoms with Crippen molar-refractivity contribution in [2.45, 2.75) is 20.4 Å². The highest BCUT2D eigenvalue weighted by atomic mass is 35.5. The molecule has 0 radical (unpaired) electrons. The number of carbonyl (C=O) groups excluding carboxylic acids is 1. The molecule has 0 aliphatic rings. The van der Waals surface area contributed by atoms with Gasteiger partial charge in [0, 0.05) is 11.8 Å². The summed E-state index contributed by atoms with van der Waals surface area (Å²) in [5, 5.41) is 7.33. The van der Waals surface area contributed by atoms with Crippen LogP contribution in [0.5, 0.6) is 0 Å². The lowest BCUT2D eigenvalue weighted by Gasteiger charge is -2.07. The van der Waals surface area contributed by atoms with Gasteiger partial charge in [0.25, 0.3) is 5.91 Å². The van der Waals surface area contributed by atoms with Gasteiger partial charge < -0.3 is 5.32 Å². The summed E-state index contributed by atoms with van der Waals surface area (Å²) in [5.74, 6) is -0.294. The first kappa shape index (κ1) is 17.2. The Bertz CT molecular complexity index is 936. The number of aromatic nitrogens is 2. The van der Waals surface area contributed by atoms with Crippen LogP contribution in [0.1, 0.15) is 27.0 Å². The number of hydrogen-bond donors (Lipinski definition) is 1. The van der Waals surface area contributed by atoms with E-state index in [4.69, 9.17) is 11.6 Å². The summed E-state index contributed by atoms with van der Waals surface area (Å²) >= 11 is 6.17. The van der Waals surface area contributed by atoms with Crippen molar-refractivity contribution in [3.63, 3.8) is 0 Å². The van der Waals surface area contributed by atoms with Gasteiger partial charge in [-0.05, 0) is 43.2 Å². The van der Waals surface area contributed by atoms with E-state index in [-0.39, 0.29) is 17.5 Å². The van der Waals surface area contributed by atoms with Gasteiger partial charge in [-0.1, -0.05) is 41.4 Å². The van der Waals surface area contributed by atoms with Crippen LogP contribution in [-0.2, 0) is 6.54 Å². The lowest BCUT2D eigenvalue weighted by molar-refractivity contribution is 0.102. The van der Waals surface area contributed by atoms with E-state index >= 15 is 0 Å². The van der Waals surface area contributed by atoms with E-state index in [0.29, 0.717) is 17.1 Å². The number of rotatable bonds is 4. The Hall–Kier alpha value is -2.66. The maximum absolute atomic E-state index is 13.3. The summed E-state index contributed by atoms with van der Waals surface area (Å²) in [5.41, 5.74) is 3.30. The molecule has 25 heavy (non-hydrogen) atoms. The highest BCUT2D eigenvalue weighted by Crippen LogP contribution is 2.22. The minimum Gasteiger partial charge on any atom is -0.304 e. The molecule has 0 saturated heterocycles. The summed E-state index contributed by atoms with van der Waals surface area (Å²) in [7, 11) is 0. The van der Waals surface area contributed by atoms with E-state index in [1.54, 1.807) is 29.1 Å². The van der Waals surface area contributed by atoms with Crippen LogP contribution < -0.4 is 5.32 Å². The molecule has 0 spiro atoms. The van der Waals surface area contributed by atoms with Gasteiger partial charge in [0.05, 0.1) is 6.54 Å². The number of aryl methyl sites for hydroxylation is 2. The number of carbonyl (C=O) groups is 1. The summed E-state index contributed by atoms with van der Waals surface area (Å²) in [6.07, 6.45) is 1.60. The lowest BCUT2D eigenvalue weighted by atomic mass is 10.1. The minimum absolute atomic E-state index is 0.268. The Morgan fingerprint density at radius 1 is 1.24 bits per heavy atom. The van der Waals surface area contributed by atoms with Crippen molar-refractivity contribution in [2.24, 2.45) is 0 Å². The van der Waals surface area contributed by atoms with Crippen molar-refractivity contribution in [1.82, 2.24) is 9.78 Å². The molecule has 0 aliphatic carbocycles. The number of hydrogen-bond acceptors (Lipinski definition) is 2. The quantitative estimate of drug-likeness (QED) is 0.742. The Labute approximate surface area is 150 Å². The zero-order valence-corrected chi connectivity index (χ0v) is 14.6. The van der Waals surface area contributed by atoms with E-state index in [0.717, 1.165) is 16.7 Å². The number of amides is 1. The number of benzene rings is 2. The first-order valence-corrected chi connectivity index (χ1v) is 8.16. The number of nitrogens with one attached hydrogen (secondary N) is 1. The molecule has 0 bridgehead atoms. The summed E-state index contributed by atoms with van der Waals surface area (Å²) < 4.78 is 14.8. The van der Waals surface area contributed by atoms with Gasteiger partial charge in [-0.15, -0.1) is 0 Å². The van der Waals surface area contributed by atoms with Crippen LogP contribution in [0.25, 0.3) is 0 Å². The average Bonchev–Trinajstić information content (AvgIpc) is 2.86. The molecular formula is C19H17ClFN3O. The number of nitrogens with zero attached hydrogens (tertiary/aromatic N) is 2. The molecule has 1 N–H and O–H groups in total. The van der Waals surface area contributed by atoms with Crippen LogP contribution in [0.15, 0.2) is 48.7 Å². The minimum atomic E-state index is -0.306. The number of anilines is 1. The molecule has 0 unspecified atom stereocenters. The SMILES string of the molecule is Cc1ccc(C(=O)Nc2nn(Cc3cccc(F)c3)cc2Cl)c(C)c1. The second-order valence-electron chi connectivity index (χ2n) is 5.93. The van der Waals surface area contributed by atoms with Gasteiger partial charge >= 0.3 is 0 Å². The molecule has 128 valence electrons. The van der Waals surface area contributed by atoms with Crippen LogP contribution in [0.4, 0.5) is 10.2 Å². The first-order valence-electron chi connectivity index (χ1n) is 7.78. The predicted octanol–water partition coefficient (Wildman–Crippen LogP) is 4.59. The maximum Gasteiger partial charge on any atom is 0.257 e. The fourth-order valence-corrected chi connectivity index (χ4v) is 2.83. The summed E-state index contributed by atoms with van der Waals surface area (Å²) in [6, 6.07) is 11.9. The van der Waals surface area contributed by atoms with Gasteiger partial charge in [-0.3, -0.25) is 9.48 Å². The molecule has 3 rings (SSSR count). The zero-order chi connectivity index (χ0) is 18.0. The van der Waals surface area contributed by atoms with Crippen LogP contribution in [0, 0.1) is 19.7 Å². The van der Waals surface area contributed by atoms with E-state index in [1.165, 1.54) is 12.1 Å². The smallest absolute Gasteiger partial charge is 0.257 e. The predicted molar refractivity (Wildman–Crippen MR) is 96.6 cm³/mol. The molecule has 4 nitrogen and oxygen atoms in total. The normalized spacial score (nSPS) is 10.7. The van der Waals surface area contributed by atoms with E-state index in [2.05, 4.69) is 10.4 Å². The first-order chi connectivity index (χ1) is 11.9. The molecule has 2 aromatic carbocycles. The highest BCUT2D eigenvalue weighted by Gasteiger charge is 2.14. The summed E-state index contributed by atoms with van der Waals surface area (Å²) in [4.78, 5) is 12.4. The van der Waals surface area contributed by atoms with Crippen molar-refractivity contribution in [3.8, 4) is 0 Å². The molecule has 0 fully saturated rings. The zero-order valence-electron chi connectivity index (χ0n) is 13.9. The van der Waals surface area contributed by atoms with Gasteiger partial charge in [0.15, 0.2) is 5.82 Å². The van der Waals surface area contributed by atoms with Crippen molar-refractivity contribution in [1.29, 1.82) is 0 Å². The average molecular weight is 358 g/mol. The van der Waals surface area contributed by atoms with Gasteiger partial charge in [0.1, 0.15) is 10.8 Å². The molecule has 1 amide bonds. The van der Waals surface area contributed by atoms with Crippen LogP contribution >= 0.6 is 11.6 Å². The second kappa shape index (κ2) is 7.07. The highest BCUT2D eigenvalue weighted by molar-refractivity contribution is 6.33. The van der Waals surface area contributed by atoms with E-state index in [9.17, 15) is 9.18 Å². The molecule has 3 aromatic rings. The standard InChI is InChI=1S/C19H17ClFN3O/c1-12-6-7-16(13(2)8-12)19(25)22-18-17(20)11-24(23-18)10-14-4-3-5-15(21)9-14/h3-9,11H,10H2,1-2H3,(H,22,23,25). The topological polar surface area (TPSA) is 46.9 Å². The fraction of sp³-hybridized carbons (Fsp3) is 0.158. The van der Waals surface area contributed by atoms with Gasteiger partial charge in [-0.2, -0.15) is 5.10 Å². The molecule has 1 aromatic heterocycles. The Balaban J connectivity index is 1.77. The molecule has 0 saturated carbocycles. The van der Waals surface area contributed by atoms with Crippen molar-refractivity contribution >= 4 is 23.3 Å². The van der Waals surface area contributed by atoms with Gasteiger partial charge in [-0.25, -0.2) is 4.39 Å². The molecule has 1 heterocycles. The number of halogens is 2.